The molecule has 0 radical (unpaired) electrons. The van der Waals surface area contributed by atoms with Crippen LogP contribution in [-0.2, 0) is 22.6 Å². The molecule has 0 aromatic heterocycles. The van der Waals surface area contributed by atoms with Crippen LogP contribution in [0.2, 0.25) is 0 Å². The van der Waals surface area contributed by atoms with E-state index in [0.29, 0.717) is 25.9 Å². The summed E-state index contributed by atoms with van der Waals surface area (Å²) in [6.45, 7) is 1.10. The topological polar surface area (TPSA) is 61.4 Å². The summed E-state index contributed by atoms with van der Waals surface area (Å²) in [5.41, 5.74) is 2.47. The van der Waals surface area contributed by atoms with E-state index in [9.17, 15) is 9.59 Å². The van der Waals surface area contributed by atoms with Gasteiger partial charge in [-0.05, 0) is 17.5 Å². The molecule has 0 saturated heterocycles. The minimum absolute atomic E-state index is 0.0206. The van der Waals surface area contributed by atoms with Gasteiger partial charge in [0.1, 0.15) is 0 Å². The molecule has 1 aromatic carbocycles. The van der Waals surface area contributed by atoms with Crippen LogP contribution in [0.15, 0.2) is 24.3 Å². The zero-order valence-corrected chi connectivity index (χ0v) is 12.0. The van der Waals surface area contributed by atoms with Crippen molar-refractivity contribution in [2.45, 2.75) is 25.4 Å². The molecule has 0 bridgehead atoms. The molecule has 20 heavy (non-hydrogen) atoms. The van der Waals surface area contributed by atoms with Gasteiger partial charge in [-0.3, -0.25) is 9.59 Å². The van der Waals surface area contributed by atoms with Crippen molar-refractivity contribution in [3.8, 4) is 0 Å². The molecule has 0 spiro atoms. The maximum absolute atomic E-state index is 12.1. The number of carbonyl (C=O) groups excluding carboxylic acids is 2. The molecule has 108 valence electrons. The number of rotatable bonds is 4. The molecule has 5 heteroatoms. The van der Waals surface area contributed by atoms with Crippen LogP contribution in [0, 0.1) is 0 Å². The van der Waals surface area contributed by atoms with Crippen molar-refractivity contribution in [2.24, 2.45) is 0 Å². The standard InChI is InChI=1S/C15H21N3O2/c1-18(2)14(19)7-8-16-15(20)13-9-11-5-3-4-6-12(11)10-17-13/h3-6,13,17H,7-10H2,1-2H3,(H,16,20)/t13-/m0/s1. The Balaban J connectivity index is 1.81. The SMILES string of the molecule is CN(C)C(=O)CCNC(=O)[C@@H]1Cc2ccccc2CN1. The molecule has 1 heterocycles. The Bertz CT molecular complexity index is 500. The van der Waals surface area contributed by atoms with E-state index in [1.54, 1.807) is 14.1 Å². The van der Waals surface area contributed by atoms with Crippen molar-refractivity contribution in [3.05, 3.63) is 35.4 Å². The maximum Gasteiger partial charge on any atom is 0.237 e. The molecular formula is C15H21N3O2. The Kier molecular flexibility index (Phi) is 4.74. The van der Waals surface area contributed by atoms with Crippen molar-refractivity contribution >= 4 is 11.8 Å². The monoisotopic (exact) mass is 275 g/mol. The Hall–Kier alpha value is -1.88. The molecule has 0 fully saturated rings. The van der Waals surface area contributed by atoms with Crippen LogP contribution in [0.5, 0.6) is 0 Å². The lowest BCUT2D eigenvalue weighted by Gasteiger charge is -2.25. The number of nitrogens with zero attached hydrogens (tertiary/aromatic N) is 1. The number of fused-ring (bicyclic) bond motifs is 1. The third-order valence-electron chi connectivity index (χ3n) is 3.53. The van der Waals surface area contributed by atoms with Gasteiger partial charge in [0.05, 0.1) is 6.04 Å². The van der Waals surface area contributed by atoms with Crippen LogP contribution >= 0.6 is 0 Å². The normalized spacial score (nSPS) is 17.2. The van der Waals surface area contributed by atoms with Crippen LogP contribution in [0.3, 0.4) is 0 Å². The van der Waals surface area contributed by atoms with Crippen LogP contribution in [-0.4, -0.2) is 43.4 Å². The fourth-order valence-corrected chi connectivity index (χ4v) is 2.28. The third-order valence-corrected chi connectivity index (χ3v) is 3.53. The van der Waals surface area contributed by atoms with E-state index < -0.39 is 0 Å². The number of carbonyl (C=O) groups is 2. The van der Waals surface area contributed by atoms with Crippen LogP contribution in [0.25, 0.3) is 0 Å². The highest BCUT2D eigenvalue weighted by Gasteiger charge is 2.23. The predicted octanol–water partition coefficient (Wildman–Crippen LogP) is 0.295. The predicted molar refractivity (Wildman–Crippen MR) is 77.1 cm³/mol. The smallest absolute Gasteiger partial charge is 0.237 e. The van der Waals surface area contributed by atoms with Gasteiger partial charge in [0.15, 0.2) is 0 Å². The van der Waals surface area contributed by atoms with Gasteiger partial charge in [0.2, 0.25) is 11.8 Å². The van der Waals surface area contributed by atoms with E-state index in [1.165, 1.54) is 16.0 Å². The first kappa shape index (κ1) is 14.5. The second-order valence-electron chi connectivity index (χ2n) is 5.24. The van der Waals surface area contributed by atoms with E-state index in [-0.39, 0.29) is 17.9 Å². The van der Waals surface area contributed by atoms with E-state index in [1.807, 2.05) is 12.1 Å². The maximum atomic E-state index is 12.1. The average Bonchev–Trinajstić information content (AvgIpc) is 2.46. The summed E-state index contributed by atoms with van der Waals surface area (Å²) in [5.74, 6) is -0.0155. The summed E-state index contributed by atoms with van der Waals surface area (Å²) >= 11 is 0. The quantitative estimate of drug-likeness (QED) is 0.830. The van der Waals surface area contributed by atoms with Gasteiger partial charge in [-0.25, -0.2) is 0 Å². The van der Waals surface area contributed by atoms with Gasteiger partial charge in [0.25, 0.3) is 0 Å². The highest BCUT2D eigenvalue weighted by atomic mass is 16.2. The summed E-state index contributed by atoms with van der Waals surface area (Å²) in [4.78, 5) is 25.0. The zero-order valence-electron chi connectivity index (χ0n) is 12.0. The minimum Gasteiger partial charge on any atom is -0.354 e. The lowest BCUT2D eigenvalue weighted by atomic mass is 9.95. The molecule has 2 amide bonds. The zero-order chi connectivity index (χ0) is 14.5. The lowest BCUT2D eigenvalue weighted by molar-refractivity contribution is -0.128. The first-order valence-corrected chi connectivity index (χ1v) is 6.86. The number of nitrogens with one attached hydrogen (secondary N) is 2. The Morgan fingerprint density at radius 3 is 2.70 bits per heavy atom. The molecule has 0 aliphatic carbocycles. The Morgan fingerprint density at radius 1 is 1.30 bits per heavy atom. The fourth-order valence-electron chi connectivity index (χ4n) is 2.28. The molecule has 2 N–H and O–H groups in total. The highest BCUT2D eigenvalue weighted by Crippen LogP contribution is 2.16. The van der Waals surface area contributed by atoms with E-state index >= 15 is 0 Å². The largest absolute Gasteiger partial charge is 0.354 e. The molecule has 5 nitrogen and oxygen atoms in total. The fraction of sp³-hybridized carbons (Fsp3) is 0.467. The summed E-state index contributed by atoms with van der Waals surface area (Å²) in [6.07, 6.45) is 1.03. The van der Waals surface area contributed by atoms with Gasteiger partial charge in [-0.1, -0.05) is 24.3 Å². The third kappa shape index (κ3) is 3.57. The van der Waals surface area contributed by atoms with Crippen molar-refractivity contribution in [1.82, 2.24) is 15.5 Å². The number of amides is 2. The van der Waals surface area contributed by atoms with Crippen LogP contribution in [0.1, 0.15) is 17.5 Å². The van der Waals surface area contributed by atoms with Crippen molar-refractivity contribution in [1.29, 1.82) is 0 Å². The van der Waals surface area contributed by atoms with E-state index in [4.69, 9.17) is 0 Å². The Labute approximate surface area is 119 Å². The van der Waals surface area contributed by atoms with Gasteiger partial charge in [-0.15, -0.1) is 0 Å². The van der Waals surface area contributed by atoms with E-state index in [0.717, 1.165) is 0 Å². The molecule has 2 rings (SSSR count). The summed E-state index contributed by atoms with van der Waals surface area (Å²) < 4.78 is 0. The molecule has 0 unspecified atom stereocenters. The average molecular weight is 275 g/mol. The molecule has 1 aromatic rings. The first-order valence-electron chi connectivity index (χ1n) is 6.86. The molecule has 1 atom stereocenters. The first-order chi connectivity index (χ1) is 9.58. The number of hydrogen-bond donors (Lipinski definition) is 2. The van der Waals surface area contributed by atoms with Crippen molar-refractivity contribution in [2.75, 3.05) is 20.6 Å². The van der Waals surface area contributed by atoms with Crippen molar-refractivity contribution < 1.29 is 9.59 Å². The highest BCUT2D eigenvalue weighted by molar-refractivity contribution is 5.83. The minimum atomic E-state index is -0.209. The number of hydrogen-bond acceptors (Lipinski definition) is 3. The van der Waals surface area contributed by atoms with Gasteiger partial charge in [-0.2, -0.15) is 0 Å². The van der Waals surface area contributed by atoms with E-state index in [2.05, 4.69) is 22.8 Å². The van der Waals surface area contributed by atoms with Gasteiger partial charge >= 0.3 is 0 Å². The molecule has 0 saturated carbocycles. The van der Waals surface area contributed by atoms with Crippen molar-refractivity contribution in [3.63, 3.8) is 0 Å². The van der Waals surface area contributed by atoms with Crippen LogP contribution in [0.4, 0.5) is 0 Å². The van der Waals surface area contributed by atoms with Gasteiger partial charge < -0.3 is 15.5 Å². The second kappa shape index (κ2) is 6.52. The molecule has 1 aliphatic rings. The summed E-state index contributed by atoms with van der Waals surface area (Å²) in [7, 11) is 3.42. The summed E-state index contributed by atoms with van der Waals surface area (Å²) in [5, 5.41) is 6.05. The second-order valence-corrected chi connectivity index (χ2v) is 5.24. The Morgan fingerprint density at radius 2 is 2.00 bits per heavy atom. The molecular weight excluding hydrogens is 254 g/mol. The number of benzene rings is 1. The molecule has 1 aliphatic heterocycles. The lowest BCUT2D eigenvalue weighted by Crippen LogP contribution is -2.48. The van der Waals surface area contributed by atoms with Crippen LogP contribution < -0.4 is 10.6 Å². The van der Waals surface area contributed by atoms with Gasteiger partial charge in [0, 0.05) is 33.6 Å². The summed E-state index contributed by atoms with van der Waals surface area (Å²) in [6, 6.07) is 7.93.